The van der Waals surface area contributed by atoms with Crippen LogP contribution in [0.2, 0.25) is 0 Å². The molecule has 0 radical (unpaired) electrons. The van der Waals surface area contributed by atoms with Gasteiger partial charge in [0, 0.05) is 31.7 Å². The lowest BCUT2D eigenvalue weighted by molar-refractivity contribution is 0.0755. The Morgan fingerprint density at radius 1 is 1.15 bits per heavy atom. The summed E-state index contributed by atoms with van der Waals surface area (Å²) in [6.45, 7) is 8.85. The van der Waals surface area contributed by atoms with Crippen molar-refractivity contribution >= 4 is 16.7 Å². The predicted octanol–water partition coefficient (Wildman–Crippen LogP) is 3.71. The topological polar surface area (TPSA) is 50.2 Å². The van der Waals surface area contributed by atoms with Crippen molar-refractivity contribution in [2.45, 2.75) is 27.3 Å². The van der Waals surface area contributed by atoms with E-state index < -0.39 is 0 Å². The van der Waals surface area contributed by atoms with Crippen molar-refractivity contribution in [3.63, 3.8) is 0 Å². The van der Waals surface area contributed by atoms with Crippen LogP contribution in [-0.4, -0.2) is 47.0 Å². The molecular formula is C22H28N4O. The summed E-state index contributed by atoms with van der Waals surface area (Å²) < 4.78 is 2.06. The van der Waals surface area contributed by atoms with Crippen molar-refractivity contribution in [2.75, 3.05) is 26.7 Å². The first kappa shape index (κ1) is 19.1. The average molecular weight is 364 g/mol. The molecule has 1 N–H and O–H groups in total. The van der Waals surface area contributed by atoms with Crippen LogP contribution in [0, 0.1) is 6.92 Å². The average Bonchev–Trinajstić information content (AvgIpc) is 3.03. The zero-order chi connectivity index (χ0) is 19.4. The molecule has 3 aromatic rings. The second-order valence-corrected chi connectivity index (χ2v) is 6.63. The van der Waals surface area contributed by atoms with Crippen molar-refractivity contribution in [3.8, 4) is 11.4 Å². The van der Waals surface area contributed by atoms with E-state index in [1.165, 1.54) is 5.39 Å². The van der Waals surface area contributed by atoms with E-state index in [1.807, 2.05) is 37.9 Å². The molecule has 0 aliphatic rings. The Hall–Kier alpha value is -2.66. The molecule has 3 rings (SSSR count). The van der Waals surface area contributed by atoms with Gasteiger partial charge in [-0.1, -0.05) is 42.5 Å². The second-order valence-electron chi connectivity index (χ2n) is 6.63. The number of likely N-dealkylation sites (N-methyl/N-ethyl adjacent to an activating group) is 2. The molecule has 2 aromatic carbocycles. The first-order chi connectivity index (χ1) is 13.1. The lowest BCUT2D eigenvalue weighted by atomic mass is 10.0. The van der Waals surface area contributed by atoms with Gasteiger partial charge in [-0.3, -0.25) is 4.79 Å². The number of nitrogens with zero attached hydrogens (tertiary/aromatic N) is 3. The smallest absolute Gasteiger partial charge is 0.272 e. The third kappa shape index (κ3) is 3.60. The van der Waals surface area contributed by atoms with Gasteiger partial charge in [-0.25, -0.2) is 4.98 Å². The molecule has 0 spiro atoms. The summed E-state index contributed by atoms with van der Waals surface area (Å²) in [5.41, 5.74) is 2.54. The van der Waals surface area contributed by atoms with Crippen LogP contribution in [0.3, 0.4) is 0 Å². The molecule has 0 saturated heterocycles. The number of carbonyl (C=O) groups excluding carboxylic acids is 1. The number of benzene rings is 2. The van der Waals surface area contributed by atoms with E-state index in [2.05, 4.69) is 47.1 Å². The van der Waals surface area contributed by atoms with Crippen LogP contribution in [-0.2, 0) is 6.54 Å². The van der Waals surface area contributed by atoms with E-state index in [0.29, 0.717) is 25.3 Å². The van der Waals surface area contributed by atoms with E-state index >= 15 is 0 Å². The van der Waals surface area contributed by atoms with E-state index in [4.69, 9.17) is 4.98 Å². The maximum atomic E-state index is 13.2. The number of aromatic nitrogens is 2. The summed E-state index contributed by atoms with van der Waals surface area (Å²) >= 11 is 0. The monoisotopic (exact) mass is 364 g/mol. The fraction of sp³-hybridized carbons (Fsp3) is 0.364. The zero-order valence-electron chi connectivity index (χ0n) is 16.6. The van der Waals surface area contributed by atoms with Crippen LogP contribution in [0.25, 0.3) is 22.2 Å². The van der Waals surface area contributed by atoms with Crippen LogP contribution < -0.4 is 5.32 Å². The molecule has 0 bridgehead atoms. The van der Waals surface area contributed by atoms with Gasteiger partial charge in [0.2, 0.25) is 0 Å². The van der Waals surface area contributed by atoms with E-state index in [9.17, 15) is 4.79 Å². The molecule has 1 amide bonds. The molecule has 5 nitrogen and oxygen atoms in total. The summed E-state index contributed by atoms with van der Waals surface area (Å²) in [6.07, 6.45) is 0. The predicted molar refractivity (Wildman–Crippen MR) is 111 cm³/mol. The highest BCUT2D eigenvalue weighted by molar-refractivity contribution is 5.98. The van der Waals surface area contributed by atoms with Gasteiger partial charge < -0.3 is 14.8 Å². The number of imidazole rings is 1. The maximum Gasteiger partial charge on any atom is 0.272 e. The highest BCUT2D eigenvalue weighted by atomic mass is 16.2. The highest BCUT2D eigenvalue weighted by Gasteiger charge is 2.24. The number of nitrogens with one attached hydrogen (secondary N) is 1. The minimum atomic E-state index is 0.0473. The normalized spacial score (nSPS) is 11.1. The van der Waals surface area contributed by atoms with Gasteiger partial charge in [0.15, 0.2) is 0 Å². The first-order valence-electron chi connectivity index (χ1n) is 9.61. The number of hydrogen-bond donors (Lipinski definition) is 1. The standard InChI is InChI=1S/C22H28N4O/c1-5-25(15-14-23-4)22(27)20-16(3)24-21(26(20)6-2)19-13-9-11-17-10-7-8-12-18(17)19/h7-13,23H,5-6,14-15H2,1-4H3. The molecule has 5 heteroatoms. The van der Waals surface area contributed by atoms with Gasteiger partial charge in [0.05, 0.1) is 5.69 Å². The Bertz CT molecular complexity index is 939. The molecule has 0 saturated carbocycles. The second kappa shape index (κ2) is 8.35. The number of aryl methyl sites for hydroxylation is 1. The largest absolute Gasteiger partial charge is 0.336 e. The van der Waals surface area contributed by atoms with Crippen molar-refractivity contribution in [1.82, 2.24) is 19.8 Å². The summed E-state index contributed by atoms with van der Waals surface area (Å²) in [6, 6.07) is 14.5. The molecule has 0 atom stereocenters. The SMILES string of the molecule is CCN(CCNC)C(=O)c1c(C)nc(-c2cccc3ccccc23)n1CC. The van der Waals surface area contributed by atoms with Crippen LogP contribution in [0.4, 0.5) is 0 Å². The minimum Gasteiger partial charge on any atom is -0.336 e. The van der Waals surface area contributed by atoms with Crippen LogP contribution in [0.5, 0.6) is 0 Å². The van der Waals surface area contributed by atoms with Crippen molar-refractivity contribution < 1.29 is 4.79 Å². The number of fused-ring (bicyclic) bond motifs is 1. The molecule has 27 heavy (non-hydrogen) atoms. The Labute approximate surface area is 161 Å². The van der Waals surface area contributed by atoms with Gasteiger partial charge in [-0.15, -0.1) is 0 Å². The molecule has 1 aromatic heterocycles. The lowest BCUT2D eigenvalue weighted by Crippen LogP contribution is -2.37. The number of hydrogen-bond acceptors (Lipinski definition) is 3. The Kier molecular flexibility index (Phi) is 5.91. The molecule has 0 fully saturated rings. The van der Waals surface area contributed by atoms with Crippen molar-refractivity contribution in [1.29, 1.82) is 0 Å². The molecule has 0 aliphatic carbocycles. The molecule has 142 valence electrons. The van der Waals surface area contributed by atoms with E-state index in [0.717, 1.165) is 29.0 Å². The molecule has 0 unspecified atom stereocenters. The van der Waals surface area contributed by atoms with Crippen molar-refractivity contribution in [3.05, 3.63) is 53.9 Å². The van der Waals surface area contributed by atoms with Gasteiger partial charge in [-0.2, -0.15) is 0 Å². The number of carbonyl (C=O) groups is 1. The fourth-order valence-electron chi connectivity index (χ4n) is 3.58. The van der Waals surface area contributed by atoms with Crippen LogP contribution in [0.1, 0.15) is 30.0 Å². The van der Waals surface area contributed by atoms with E-state index in [1.54, 1.807) is 0 Å². The minimum absolute atomic E-state index is 0.0473. The molecule has 1 heterocycles. The van der Waals surface area contributed by atoms with Crippen LogP contribution >= 0.6 is 0 Å². The number of rotatable bonds is 7. The third-order valence-corrected chi connectivity index (χ3v) is 4.99. The summed E-state index contributed by atoms with van der Waals surface area (Å²) in [4.78, 5) is 19.9. The molecule has 0 aliphatic heterocycles. The van der Waals surface area contributed by atoms with E-state index in [-0.39, 0.29) is 5.91 Å². The molecular weight excluding hydrogens is 336 g/mol. The summed E-state index contributed by atoms with van der Waals surface area (Å²) in [5, 5.41) is 5.45. The summed E-state index contributed by atoms with van der Waals surface area (Å²) in [7, 11) is 1.90. The first-order valence-corrected chi connectivity index (χ1v) is 9.61. The maximum absolute atomic E-state index is 13.2. The highest BCUT2D eigenvalue weighted by Crippen LogP contribution is 2.30. The Balaban J connectivity index is 2.12. The Morgan fingerprint density at radius 3 is 2.59 bits per heavy atom. The van der Waals surface area contributed by atoms with Gasteiger partial charge in [0.1, 0.15) is 11.5 Å². The van der Waals surface area contributed by atoms with Gasteiger partial charge >= 0.3 is 0 Å². The quantitative estimate of drug-likeness (QED) is 0.695. The Morgan fingerprint density at radius 2 is 1.89 bits per heavy atom. The third-order valence-electron chi connectivity index (χ3n) is 4.99. The van der Waals surface area contributed by atoms with Crippen molar-refractivity contribution in [2.24, 2.45) is 0 Å². The van der Waals surface area contributed by atoms with Gasteiger partial charge in [0.25, 0.3) is 5.91 Å². The zero-order valence-corrected chi connectivity index (χ0v) is 16.6. The lowest BCUT2D eigenvalue weighted by Gasteiger charge is -2.22. The number of amides is 1. The summed E-state index contributed by atoms with van der Waals surface area (Å²) in [5.74, 6) is 0.908. The fourth-order valence-corrected chi connectivity index (χ4v) is 3.58. The van der Waals surface area contributed by atoms with Crippen LogP contribution in [0.15, 0.2) is 42.5 Å². The van der Waals surface area contributed by atoms with Gasteiger partial charge in [-0.05, 0) is 38.6 Å².